The lowest BCUT2D eigenvalue weighted by Crippen LogP contribution is -2.49. The fourth-order valence-corrected chi connectivity index (χ4v) is 3.43. The summed E-state index contributed by atoms with van der Waals surface area (Å²) in [5.41, 5.74) is 6.59. The molecule has 5 atom stereocenters. The van der Waals surface area contributed by atoms with E-state index in [1.807, 2.05) is 0 Å². The Hall–Kier alpha value is -0.0800. The van der Waals surface area contributed by atoms with Crippen LogP contribution in [0.1, 0.15) is 47.0 Å². The van der Waals surface area contributed by atoms with Gasteiger partial charge in [-0.1, -0.05) is 27.7 Å². The first-order valence-corrected chi connectivity index (χ1v) is 7.39. The van der Waals surface area contributed by atoms with Gasteiger partial charge in [0.15, 0.2) is 0 Å². The first kappa shape index (κ1) is 13.4. The van der Waals surface area contributed by atoms with Gasteiger partial charge in [0.2, 0.25) is 0 Å². The quantitative estimate of drug-likeness (QED) is 0.790. The smallest absolute Gasteiger partial charge is 0.00698 e. The maximum absolute atomic E-state index is 6.20. The topological polar surface area (TPSA) is 38.0 Å². The molecule has 0 aromatic carbocycles. The van der Waals surface area contributed by atoms with Crippen molar-refractivity contribution in [2.45, 2.75) is 53.0 Å². The van der Waals surface area contributed by atoms with Crippen LogP contribution in [0.2, 0.25) is 0 Å². The molecule has 0 saturated heterocycles. The molecule has 2 nitrogen and oxygen atoms in total. The summed E-state index contributed by atoms with van der Waals surface area (Å²) in [6.45, 7) is 11.9. The minimum absolute atomic E-state index is 0.389. The Labute approximate surface area is 107 Å². The molecule has 0 aromatic rings. The summed E-state index contributed by atoms with van der Waals surface area (Å²) in [6.07, 6.45) is 3.94. The molecule has 3 N–H and O–H groups in total. The van der Waals surface area contributed by atoms with Crippen molar-refractivity contribution in [3.63, 3.8) is 0 Å². The highest BCUT2D eigenvalue weighted by molar-refractivity contribution is 4.94. The number of rotatable bonds is 4. The van der Waals surface area contributed by atoms with Gasteiger partial charge in [0.25, 0.3) is 0 Å². The summed E-state index contributed by atoms with van der Waals surface area (Å²) in [6, 6.07) is 0.407. The van der Waals surface area contributed by atoms with E-state index in [1.54, 1.807) is 0 Å². The average Bonchev–Trinajstić information content (AvgIpc) is 2.95. The molecule has 100 valence electrons. The van der Waals surface area contributed by atoms with E-state index in [0.717, 1.165) is 17.8 Å². The van der Waals surface area contributed by atoms with Crippen LogP contribution < -0.4 is 11.1 Å². The minimum Gasteiger partial charge on any atom is -0.327 e. The predicted octanol–water partition coefficient (Wildman–Crippen LogP) is 2.63. The van der Waals surface area contributed by atoms with Gasteiger partial charge in [0.1, 0.15) is 0 Å². The van der Waals surface area contributed by atoms with Crippen LogP contribution in [0, 0.1) is 29.1 Å². The molecule has 17 heavy (non-hydrogen) atoms. The molecule has 0 heterocycles. The first-order valence-electron chi connectivity index (χ1n) is 7.39. The normalized spacial score (nSPS) is 44.6. The third-order valence-electron chi connectivity index (χ3n) is 5.79. The highest BCUT2D eigenvalue weighted by Crippen LogP contribution is 2.44. The lowest BCUT2D eigenvalue weighted by atomic mass is 9.61. The molecule has 2 saturated carbocycles. The van der Waals surface area contributed by atoms with Crippen molar-refractivity contribution in [2.75, 3.05) is 13.1 Å². The van der Waals surface area contributed by atoms with Crippen molar-refractivity contribution in [3.8, 4) is 0 Å². The Balaban J connectivity index is 1.79. The van der Waals surface area contributed by atoms with E-state index in [2.05, 4.69) is 33.0 Å². The van der Waals surface area contributed by atoms with Crippen LogP contribution in [0.5, 0.6) is 0 Å². The van der Waals surface area contributed by atoms with E-state index in [9.17, 15) is 0 Å². The summed E-state index contributed by atoms with van der Waals surface area (Å²) in [4.78, 5) is 0. The Morgan fingerprint density at radius 2 is 1.82 bits per heavy atom. The van der Waals surface area contributed by atoms with Gasteiger partial charge in [-0.15, -0.1) is 0 Å². The van der Waals surface area contributed by atoms with Crippen molar-refractivity contribution in [1.82, 2.24) is 5.32 Å². The molecule has 0 aromatic heterocycles. The predicted molar refractivity (Wildman–Crippen MR) is 73.8 cm³/mol. The zero-order chi connectivity index (χ0) is 12.6. The largest absolute Gasteiger partial charge is 0.327 e. The van der Waals surface area contributed by atoms with Crippen molar-refractivity contribution in [3.05, 3.63) is 0 Å². The highest BCUT2D eigenvalue weighted by atomic mass is 14.9. The molecular formula is C15H30N2. The number of hydrogen-bond donors (Lipinski definition) is 2. The summed E-state index contributed by atoms with van der Waals surface area (Å²) >= 11 is 0. The lowest BCUT2D eigenvalue weighted by Gasteiger charge is -2.47. The summed E-state index contributed by atoms with van der Waals surface area (Å²) in [5, 5.41) is 3.70. The highest BCUT2D eigenvalue weighted by Gasteiger charge is 2.41. The molecule has 0 bridgehead atoms. The van der Waals surface area contributed by atoms with Gasteiger partial charge < -0.3 is 11.1 Å². The van der Waals surface area contributed by atoms with E-state index >= 15 is 0 Å². The summed E-state index contributed by atoms with van der Waals surface area (Å²) in [7, 11) is 0. The van der Waals surface area contributed by atoms with Crippen molar-refractivity contribution in [2.24, 2.45) is 34.8 Å². The summed E-state index contributed by atoms with van der Waals surface area (Å²) < 4.78 is 0. The Kier molecular flexibility index (Phi) is 3.84. The van der Waals surface area contributed by atoms with Gasteiger partial charge >= 0.3 is 0 Å². The third kappa shape index (κ3) is 2.85. The number of nitrogens with one attached hydrogen (secondary N) is 1. The van der Waals surface area contributed by atoms with Crippen molar-refractivity contribution >= 4 is 0 Å². The number of hydrogen-bond acceptors (Lipinski definition) is 2. The van der Waals surface area contributed by atoms with Gasteiger partial charge in [-0.2, -0.15) is 0 Å². The van der Waals surface area contributed by atoms with Crippen LogP contribution in [0.25, 0.3) is 0 Å². The molecule has 0 spiro atoms. The molecule has 2 rings (SSSR count). The minimum atomic E-state index is 0.389. The zero-order valence-electron chi connectivity index (χ0n) is 12.0. The molecule has 0 amide bonds. The Bertz CT molecular complexity index is 262. The van der Waals surface area contributed by atoms with Crippen LogP contribution in [-0.4, -0.2) is 19.1 Å². The van der Waals surface area contributed by atoms with E-state index in [-0.39, 0.29) is 0 Å². The van der Waals surface area contributed by atoms with Gasteiger partial charge in [0.05, 0.1) is 0 Å². The molecule has 2 heteroatoms. The maximum atomic E-state index is 6.20. The van der Waals surface area contributed by atoms with Crippen molar-refractivity contribution in [1.29, 1.82) is 0 Å². The lowest BCUT2D eigenvalue weighted by molar-refractivity contribution is 0.0540. The fourth-order valence-electron chi connectivity index (χ4n) is 3.43. The molecule has 2 fully saturated rings. The van der Waals surface area contributed by atoms with Gasteiger partial charge in [-0.25, -0.2) is 0 Å². The molecule has 2 aliphatic carbocycles. The van der Waals surface area contributed by atoms with Crippen LogP contribution >= 0.6 is 0 Å². The monoisotopic (exact) mass is 238 g/mol. The maximum Gasteiger partial charge on any atom is 0.00698 e. The van der Waals surface area contributed by atoms with Crippen LogP contribution in [0.15, 0.2) is 0 Å². The Morgan fingerprint density at radius 1 is 1.18 bits per heavy atom. The second-order valence-electron chi connectivity index (χ2n) is 7.18. The molecule has 0 radical (unpaired) electrons. The van der Waals surface area contributed by atoms with Crippen molar-refractivity contribution < 1.29 is 0 Å². The first-order chi connectivity index (χ1) is 7.93. The van der Waals surface area contributed by atoms with Crippen LogP contribution in [0.3, 0.4) is 0 Å². The van der Waals surface area contributed by atoms with E-state index in [1.165, 1.54) is 32.4 Å². The van der Waals surface area contributed by atoms with Gasteiger partial charge in [-0.3, -0.25) is 0 Å². The fraction of sp³-hybridized carbons (Fsp3) is 1.00. The van der Waals surface area contributed by atoms with Crippen LogP contribution in [-0.2, 0) is 0 Å². The van der Waals surface area contributed by atoms with E-state index < -0.39 is 0 Å². The number of nitrogens with two attached hydrogens (primary N) is 1. The third-order valence-corrected chi connectivity index (χ3v) is 5.79. The van der Waals surface area contributed by atoms with Gasteiger partial charge in [0, 0.05) is 6.04 Å². The van der Waals surface area contributed by atoms with E-state index in [4.69, 9.17) is 5.73 Å². The molecule has 0 aliphatic heterocycles. The van der Waals surface area contributed by atoms with Crippen LogP contribution in [0.4, 0.5) is 0 Å². The second-order valence-corrected chi connectivity index (χ2v) is 7.18. The second kappa shape index (κ2) is 4.89. The Morgan fingerprint density at radius 3 is 2.41 bits per heavy atom. The zero-order valence-corrected chi connectivity index (χ0v) is 12.0. The van der Waals surface area contributed by atoms with E-state index in [0.29, 0.717) is 17.4 Å². The average molecular weight is 238 g/mol. The van der Waals surface area contributed by atoms with Gasteiger partial charge in [-0.05, 0) is 61.4 Å². The molecule has 5 unspecified atom stereocenters. The SMILES string of the molecule is CC1CC1CNCC1CCC(N)C(C)C1(C)C. The molecular weight excluding hydrogens is 208 g/mol. The standard InChI is InChI=1S/C15H30N2/c1-10-7-12(10)8-17-9-13-5-6-14(16)11(2)15(13,3)4/h10-14,17H,5-9,16H2,1-4H3. The molecule has 2 aliphatic rings. The summed E-state index contributed by atoms with van der Waals surface area (Å²) in [5.74, 6) is 3.37.